The first-order valence-electron chi connectivity index (χ1n) is 7.65. The number of amides is 1. The monoisotopic (exact) mass is 342 g/mol. The first kappa shape index (κ1) is 17.7. The second-order valence-corrected chi connectivity index (χ2v) is 7.50. The van der Waals surface area contributed by atoms with Gasteiger partial charge in [-0.15, -0.1) is 0 Å². The lowest BCUT2D eigenvalue weighted by atomic mass is 10.3. The maximum Gasteiger partial charge on any atom is 0.243 e. The third-order valence-electron chi connectivity index (χ3n) is 3.98. The Kier molecular flexibility index (Phi) is 5.97. The van der Waals surface area contributed by atoms with Crippen molar-refractivity contribution in [2.24, 2.45) is 0 Å². The summed E-state index contributed by atoms with van der Waals surface area (Å²) in [5.74, 6) is 0.598. The molecule has 1 fully saturated rings. The predicted octanol–water partition coefficient (Wildman–Crippen LogP) is -1.28. The van der Waals surface area contributed by atoms with E-state index in [0.29, 0.717) is 30.3 Å². The number of rotatable bonds is 6. The largest absolute Gasteiger partial charge is 0.497 e. The summed E-state index contributed by atoms with van der Waals surface area (Å²) in [6, 6.07) is 6.46. The van der Waals surface area contributed by atoms with Crippen LogP contribution in [0.4, 0.5) is 0 Å². The minimum Gasteiger partial charge on any atom is -0.497 e. The molecule has 1 aliphatic rings. The van der Waals surface area contributed by atoms with E-state index in [2.05, 4.69) is 5.32 Å². The van der Waals surface area contributed by atoms with Gasteiger partial charge in [0.25, 0.3) is 0 Å². The molecule has 1 heterocycles. The number of piperazine rings is 1. The smallest absolute Gasteiger partial charge is 0.243 e. The molecular formula is C15H24N3O4S+. The number of hydrogen-bond acceptors (Lipinski definition) is 4. The Hall–Kier alpha value is -1.64. The van der Waals surface area contributed by atoms with Crippen LogP contribution in [0.2, 0.25) is 0 Å². The number of benzene rings is 1. The van der Waals surface area contributed by atoms with Crippen molar-refractivity contribution in [3.8, 4) is 5.75 Å². The normalized spacial score (nSPS) is 17.0. The number of ether oxygens (including phenoxy) is 1. The van der Waals surface area contributed by atoms with Crippen molar-refractivity contribution in [2.75, 3.05) is 46.4 Å². The molecule has 23 heavy (non-hydrogen) atoms. The maximum absolute atomic E-state index is 12.6. The second-order valence-electron chi connectivity index (χ2n) is 5.56. The number of methoxy groups -OCH3 is 1. The van der Waals surface area contributed by atoms with Gasteiger partial charge in [-0.3, -0.25) is 4.79 Å². The zero-order chi connectivity index (χ0) is 16.9. The molecule has 2 rings (SSSR count). The van der Waals surface area contributed by atoms with Gasteiger partial charge < -0.3 is 15.0 Å². The number of hydrogen-bond donors (Lipinski definition) is 2. The van der Waals surface area contributed by atoms with Gasteiger partial charge in [-0.2, -0.15) is 4.31 Å². The van der Waals surface area contributed by atoms with Crippen LogP contribution in [0.3, 0.4) is 0 Å². The third-order valence-corrected chi connectivity index (χ3v) is 5.89. The Morgan fingerprint density at radius 1 is 1.26 bits per heavy atom. The molecule has 0 radical (unpaired) electrons. The Balaban J connectivity index is 1.91. The fourth-order valence-corrected chi connectivity index (χ4v) is 4.05. The molecule has 2 N–H and O–H groups in total. The van der Waals surface area contributed by atoms with Crippen LogP contribution >= 0.6 is 0 Å². The summed E-state index contributed by atoms with van der Waals surface area (Å²) in [7, 11) is -1.90. The van der Waals surface area contributed by atoms with Gasteiger partial charge in [0.05, 0.1) is 51.3 Å². The number of carbonyl (C=O) groups is 1. The molecule has 1 aromatic carbocycles. The summed E-state index contributed by atoms with van der Waals surface area (Å²) in [4.78, 5) is 12.5. The molecule has 1 aromatic rings. The highest BCUT2D eigenvalue weighted by atomic mass is 32.2. The standard InChI is InChI=1S/C15H23N3O4S/c1-13(19)16-7-8-17-9-11-18(12-10-17)23(20,21)15-5-3-14(22-2)4-6-15/h3-6H,7-12H2,1-2H3,(H,16,19)/p+1. The minimum atomic E-state index is -3.45. The van der Waals surface area contributed by atoms with E-state index in [1.807, 2.05) is 0 Å². The van der Waals surface area contributed by atoms with E-state index in [9.17, 15) is 13.2 Å². The summed E-state index contributed by atoms with van der Waals surface area (Å²) in [5, 5.41) is 2.77. The molecule has 0 aromatic heterocycles. The van der Waals surface area contributed by atoms with Crippen LogP contribution in [-0.4, -0.2) is 65.0 Å². The Labute approximate surface area is 137 Å². The number of quaternary nitrogens is 1. The number of carbonyl (C=O) groups excluding carboxylic acids is 1. The molecule has 1 amide bonds. The van der Waals surface area contributed by atoms with Crippen LogP contribution in [0, 0.1) is 0 Å². The maximum atomic E-state index is 12.6. The SMILES string of the molecule is COc1ccc(S(=O)(=O)N2CC[NH+](CCNC(C)=O)CC2)cc1. The fourth-order valence-electron chi connectivity index (χ4n) is 2.60. The van der Waals surface area contributed by atoms with E-state index in [4.69, 9.17) is 4.74 Å². The lowest BCUT2D eigenvalue weighted by Gasteiger charge is -2.31. The summed E-state index contributed by atoms with van der Waals surface area (Å²) < 4.78 is 31.8. The predicted molar refractivity (Wildman–Crippen MR) is 86.0 cm³/mol. The topological polar surface area (TPSA) is 80.2 Å². The molecule has 0 atom stereocenters. The van der Waals surface area contributed by atoms with Crippen molar-refractivity contribution in [3.63, 3.8) is 0 Å². The van der Waals surface area contributed by atoms with Gasteiger partial charge in [-0.1, -0.05) is 0 Å². The Bertz CT molecular complexity index is 623. The van der Waals surface area contributed by atoms with Crippen LogP contribution in [0.25, 0.3) is 0 Å². The van der Waals surface area contributed by atoms with E-state index in [-0.39, 0.29) is 5.91 Å². The molecule has 1 aliphatic heterocycles. The Morgan fingerprint density at radius 3 is 2.39 bits per heavy atom. The second kappa shape index (κ2) is 7.76. The van der Waals surface area contributed by atoms with E-state index in [1.54, 1.807) is 31.4 Å². The quantitative estimate of drug-likeness (QED) is 0.675. The average Bonchev–Trinajstić information content (AvgIpc) is 2.55. The highest BCUT2D eigenvalue weighted by molar-refractivity contribution is 7.89. The van der Waals surface area contributed by atoms with Crippen molar-refractivity contribution < 1.29 is 22.8 Å². The van der Waals surface area contributed by atoms with Crippen molar-refractivity contribution in [1.82, 2.24) is 9.62 Å². The highest BCUT2D eigenvalue weighted by Gasteiger charge is 2.30. The molecule has 0 aliphatic carbocycles. The first-order chi connectivity index (χ1) is 10.9. The first-order valence-corrected chi connectivity index (χ1v) is 9.09. The van der Waals surface area contributed by atoms with E-state index >= 15 is 0 Å². The number of nitrogens with zero attached hydrogens (tertiary/aromatic N) is 1. The van der Waals surface area contributed by atoms with Crippen LogP contribution in [0.15, 0.2) is 29.2 Å². The summed E-state index contributed by atoms with van der Waals surface area (Å²) >= 11 is 0. The molecule has 1 saturated heterocycles. The molecule has 0 bridgehead atoms. The zero-order valence-corrected chi connectivity index (χ0v) is 14.4. The van der Waals surface area contributed by atoms with Gasteiger partial charge in [0.2, 0.25) is 15.9 Å². The van der Waals surface area contributed by atoms with Gasteiger partial charge >= 0.3 is 0 Å². The number of sulfonamides is 1. The van der Waals surface area contributed by atoms with Crippen molar-refractivity contribution in [2.45, 2.75) is 11.8 Å². The molecule has 8 heteroatoms. The van der Waals surface area contributed by atoms with E-state index in [0.717, 1.165) is 19.6 Å². The fraction of sp³-hybridized carbons (Fsp3) is 0.533. The molecule has 7 nitrogen and oxygen atoms in total. The van der Waals surface area contributed by atoms with E-state index < -0.39 is 10.0 Å². The lowest BCUT2D eigenvalue weighted by molar-refractivity contribution is -0.902. The summed E-state index contributed by atoms with van der Waals surface area (Å²) in [6.07, 6.45) is 0. The molecule has 128 valence electrons. The van der Waals surface area contributed by atoms with Crippen LogP contribution in [0.5, 0.6) is 5.75 Å². The average molecular weight is 342 g/mol. The molecular weight excluding hydrogens is 318 g/mol. The van der Waals surface area contributed by atoms with Crippen molar-refractivity contribution in [1.29, 1.82) is 0 Å². The van der Waals surface area contributed by atoms with E-state index in [1.165, 1.54) is 16.1 Å². The van der Waals surface area contributed by atoms with Crippen LogP contribution in [-0.2, 0) is 14.8 Å². The Morgan fingerprint density at radius 2 is 1.87 bits per heavy atom. The third kappa shape index (κ3) is 4.66. The molecule has 0 spiro atoms. The van der Waals surface area contributed by atoms with Crippen molar-refractivity contribution in [3.05, 3.63) is 24.3 Å². The van der Waals surface area contributed by atoms with Gasteiger partial charge in [0.15, 0.2) is 0 Å². The summed E-state index contributed by atoms with van der Waals surface area (Å²) in [6.45, 7) is 5.40. The van der Waals surface area contributed by atoms with Crippen LogP contribution in [0.1, 0.15) is 6.92 Å². The van der Waals surface area contributed by atoms with Gasteiger partial charge in [0, 0.05) is 6.92 Å². The van der Waals surface area contributed by atoms with Gasteiger partial charge in [-0.05, 0) is 24.3 Å². The van der Waals surface area contributed by atoms with Gasteiger partial charge in [0.1, 0.15) is 5.75 Å². The molecule has 0 saturated carbocycles. The summed E-state index contributed by atoms with van der Waals surface area (Å²) in [5.41, 5.74) is 0. The van der Waals surface area contributed by atoms with Gasteiger partial charge in [-0.25, -0.2) is 8.42 Å². The highest BCUT2D eigenvalue weighted by Crippen LogP contribution is 2.19. The van der Waals surface area contributed by atoms with Crippen LogP contribution < -0.4 is 15.0 Å². The molecule has 0 unspecified atom stereocenters. The van der Waals surface area contributed by atoms with Crippen molar-refractivity contribution >= 4 is 15.9 Å². The zero-order valence-electron chi connectivity index (χ0n) is 13.5. The number of nitrogens with one attached hydrogen (secondary N) is 2. The minimum absolute atomic E-state index is 0.0369. The lowest BCUT2D eigenvalue weighted by Crippen LogP contribution is -3.15.